The summed E-state index contributed by atoms with van der Waals surface area (Å²) in [6.07, 6.45) is 6.54. The molecule has 1 aliphatic rings. The van der Waals surface area contributed by atoms with Gasteiger partial charge in [0, 0.05) is 50.0 Å². The Morgan fingerprint density at radius 1 is 1.29 bits per heavy atom. The van der Waals surface area contributed by atoms with Crippen LogP contribution in [-0.4, -0.2) is 48.8 Å². The summed E-state index contributed by atoms with van der Waals surface area (Å²) in [6.45, 7) is 3.03. The van der Waals surface area contributed by atoms with Crippen LogP contribution < -0.4 is 5.32 Å². The number of hydrogen-bond donors (Lipinski definition) is 2. The van der Waals surface area contributed by atoms with E-state index < -0.39 is 0 Å². The van der Waals surface area contributed by atoms with Crippen molar-refractivity contribution in [1.29, 1.82) is 0 Å². The molecule has 1 aliphatic heterocycles. The molecule has 1 unspecified atom stereocenters. The quantitative estimate of drug-likeness (QED) is 0.751. The molecule has 0 aromatic carbocycles. The lowest BCUT2D eigenvalue weighted by Crippen LogP contribution is -2.26. The highest BCUT2D eigenvalue weighted by Crippen LogP contribution is 2.16. The summed E-state index contributed by atoms with van der Waals surface area (Å²) in [5.41, 5.74) is 2.03. The number of likely N-dealkylation sites (tertiary alicyclic amines) is 1. The van der Waals surface area contributed by atoms with Crippen molar-refractivity contribution in [2.75, 3.05) is 18.4 Å². The molecular formula is C14H17N7. The van der Waals surface area contributed by atoms with Crippen molar-refractivity contribution >= 4 is 11.5 Å². The van der Waals surface area contributed by atoms with E-state index in [0.717, 1.165) is 43.2 Å². The maximum atomic E-state index is 4.51. The molecule has 0 spiro atoms. The fourth-order valence-corrected chi connectivity index (χ4v) is 2.81. The smallest absolute Gasteiger partial charge is 0.153 e. The standard InChI is InChI=1S/C14H17N7/c1-2-14-15-6-8-21(14)19-13(1)17-11-4-7-20(9-11)10-12-3-5-16-18-12/h1-3,5-6,8,11H,4,7,9-10H2,(H,16,18)(H,17,19). The van der Waals surface area contributed by atoms with Gasteiger partial charge in [0.25, 0.3) is 0 Å². The van der Waals surface area contributed by atoms with E-state index >= 15 is 0 Å². The topological polar surface area (TPSA) is 74.1 Å². The Balaban J connectivity index is 1.39. The monoisotopic (exact) mass is 283 g/mol. The minimum Gasteiger partial charge on any atom is -0.365 e. The number of aromatic nitrogens is 5. The summed E-state index contributed by atoms with van der Waals surface area (Å²) in [4.78, 5) is 6.62. The number of nitrogens with one attached hydrogen (secondary N) is 2. The van der Waals surface area contributed by atoms with E-state index in [1.165, 1.54) is 0 Å². The first-order valence-electron chi connectivity index (χ1n) is 7.14. The third-order valence-corrected chi connectivity index (χ3v) is 3.83. The number of imidazole rings is 1. The second-order valence-corrected chi connectivity index (χ2v) is 5.40. The first-order valence-corrected chi connectivity index (χ1v) is 7.14. The lowest BCUT2D eigenvalue weighted by molar-refractivity contribution is 0.324. The van der Waals surface area contributed by atoms with Gasteiger partial charge in [-0.2, -0.15) is 5.10 Å². The SMILES string of the molecule is c1cc(CN2CCC(Nc3ccc4nccn4n3)C2)[nH]n1. The lowest BCUT2D eigenvalue weighted by Gasteiger charge is -2.16. The highest BCUT2D eigenvalue weighted by atomic mass is 15.3. The Kier molecular flexibility index (Phi) is 3.04. The number of rotatable bonds is 4. The van der Waals surface area contributed by atoms with Gasteiger partial charge in [0.15, 0.2) is 5.65 Å². The van der Waals surface area contributed by atoms with Gasteiger partial charge in [-0.3, -0.25) is 10.00 Å². The molecule has 21 heavy (non-hydrogen) atoms. The average Bonchev–Trinajstić information content (AvgIpc) is 3.21. The number of H-pyrrole nitrogens is 1. The van der Waals surface area contributed by atoms with Gasteiger partial charge in [0.1, 0.15) is 5.82 Å². The van der Waals surface area contributed by atoms with E-state index in [1.54, 1.807) is 16.9 Å². The van der Waals surface area contributed by atoms with Crippen LogP contribution in [-0.2, 0) is 6.54 Å². The van der Waals surface area contributed by atoms with Crippen molar-refractivity contribution in [1.82, 2.24) is 29.7 Å². The van der Waals surface area contributed by atoms with Gasteiger partial charge in [-0.1, -0.05) is 0 Å². The van der Waals surface area contributed by atoms with Gasteiger partial charge < -0.3 is 5.32 Å². The van der Waals surface area contributed by atoms with Crippen LogP contribution in [0.3, 0.4) is 0 Å². The summed E-state index contributed by atoms with van der Waals surface area (Å²) < 4.78 is 1.79. The summed E-state index contributed by atoms with van der Waals surface area (Å²) >= 11 is 0. The van der Waals surface area contributed by atoms with Crippen molar-refractivity contribution < 1.29 is 0 Å². The Morgan fingerprint density at radius 2 is 2.29 bits per heavy atom. The van der Waals surface area contributed by atoms with Gasteiger partial charge in [0.2, 0.25) is 0 Å². The Bertz CT molecular complexity index is 718. The fraction of sp³-hybridized carbons (Fsp3) is 0.357. The number of anilines is 1. The Morgan fingerprint density at radius 3 is 3.19 bits per heavy atom. The third-order valence-electron chi connectivity index (χ3n) is 3.83. The van der Waals surface area contributed by atoms with Crippen LogP contribution in [0, 0.1) is 0 Å². The van der Waals surface area contributed by atoms with Crippen LogP contribution in [0.2, 0.25) is 0 Å². The first-order chi connectivity index (χ1) is 10.4. The molecule has 2 N–H and O–H groups in total. The molecule has 0 amide bonds. The molecule has 7 nitrogen and oxygen atoms in total. The largest absolute Gasteiger partial charge is 0.365 e. The van der Waals surface area contributed by atoms with Crippen LogP contribution in [0.5, 0.6) is 0 Å². The van der Waals surface area contributed by atoms with Crippen LogP contribution >= 0.6 is 0 Å². The number of fused-ring (bicyclic) bond motifs is 1. The molecule has 108 valence electrons. The molecular weight excluding hydrogens is 266 g/mol. The zero-order valence-corrected chi connectivity index (χ0v) is 11.6. The minimum atomic E-state index is 0.432. The first kappa shape index (κ1) is 12.3. The summed E-state index contributed by atoms with van der Waals surface area (Å²) in [6, 6.07) is 6.42. The molecule has 4 heterocycles. The zero-order chi connectivity index (χ0) is 14.1. The van der Waals surface area contributed by atoms with E-state index in [-0.39, 0.29) is 0 Å². The van der Waals surface area contributed by atoms with Crippen LogP contribution in [0.25, 0.3) is 5.65 Å². The van der Waals surface area contributed by atoms with E-state index in [9.17, 15) is 0 Å². The van der Waals surface area contributed by atoms with Gasteiger partial charge >= 0.3 is 0 Å². The van der Waals surface area contributed by atoms with Gasteiger partial charge in [-0.25, -0.2) is 9.50 Å². The van der Waals surface area contributed by atoms with E-state index in [0.29, 0.717) is 6.04 Å². The molecule has 0 saturated carbocycles. The normalized spacial score (nSPS) is 19.3. The number of hydrogen-bond acceptors (Lipinski definition) is 5. The zero-order valence-electron chi connectivity index (χ0n) is 11.6. The fourth-order valence-electron chi connectivity index (χ4n) is 2.81. The van der Waals surface area contributed by atoms with E-state index in [2.05, 4.69) is 30.5 Å². The second-order valence-electron chi connectivity index (χ2n) is 5.40. The van der Waals surface area contributed by atoms with Crippen molar-refractivity contribution in [3.63, 3.8) is 0 Å². The average molecular weight is 283 g/mol. The second kappa shape index (κ2) is 5.17. The summed E-state index contributed by atoms with van der Waals surface area (Å²) in [5, 5.41) is 15.0. The van der Waals surface area contributed by atoms with Crippen molar-refractivity contribution in [2.45, 2.75) is 19.0 Å². The van der Waals surface area contributed by atoms with Crippen LogP contribution in [0.15, 0.2) is 36.8 Å². The number of aromatic amines is 1. The third kappa shape index (κ3) is 2.59. The molecule has 0 bridgehead atoms. The van der Waals surface area contributed by atoms with Gasteiger partial charge in [-0.15, -0.1) is 5.10 Å². The molecule has 7 heteroatoms. The molecule has 1 atom stereocenters. The number of nitrogens with zero attached hydrogens (tertiary/aromatic N) is 5. The summed E-state index contributed by atoms with van der Waals surface area (Å²) in [5.74, 6) is 0.897. The van der Waals surface area contributed by atoms with Gasteiger partial charge in [-0.05, 0) is 24.6 Å². The summed E-state index contributed by atoms with van der Waals surface area (Å²) in [7, 11) is 0. The van der Waals surface area contributed by atoms with Crippen LogP contribution in [0.4, 0.5) is 5.82 Å². The van der Waals surface area contributed by atoms with Gasteiger partial charge in [0.05, 0.1) is 0 Å². The van der Waals surface area contributed by atoms with E-state index in [1.807, 2.05) is 24.4 Å². The maximum absolute atomic E-state index is 4.51. The molecule has 3 aromatic heterocycles. The highest BCUT2D eigenvalue weighted by Gasteiger charge is 2.22. The highest BCUT2D eigenvalue weighted by molar-refractivity contribution is 5.44. The Labute approximate surface area is 122 Å². The van der Waals surface area contributed by atoms with Crippen LogP contribution in [0.1, 0.15) is 12.1 Å². The molecule has 0 radical (unpaired) electrons. The van der Waals surface area contributed by atoms with Crippen molar-refractivity contribution in [2.24, 2.45) is 0 Å². The molecule has 3 aromatic rings. The van der Waals surface area contributed by atoms with Crippen molar-refractivity contribution in [3.8, 4) is 0 Å². The predicted octanol–water partition coefficient (Wildman–Crippen LogP) is 1.14. The minimum absolute atomic E-state index is 0.432. The molecule has 1 saturated heterocycles. The van der Waals surface area contributed by atoms with Crippen molar-refractivity contribution in [3.05, 3.63) is 42.5 Å². The maximum Gasteiger partial charge on any atom is 0.153 e. The Hall–Kier alpha value is -2.41. The predicted molar refractivity (Wildman–Crippen MR) is 78.9 cm³/mol. The molecule has 1 fully saturated rings. The lowest BCUT2D eigenvalue weighted by atomic mass is 10.2. The molecule has 4 rings (SSSR count). The van der Waals surface area contributed by atoms with E-state index in [4.69, 9.17) is 0 Å². The molecule has 0 aliphatic carbocycles.